The minimum absolute atomic E-state index is 0.0163. The molecule has 1 rings (SSSR count). The lowest BCUT2D eigenvalue weighted by atomic mass is 9.90. The Morgan fingerprint density at radius 2 is 2.10 bits per heavy atom. The quantitative estimate of drug-likeness (QED) is 0.681. The van der Waals surface area contributed by atoms with Gasteiger partial charge >= 0.3 is 0 Å². The van der Waals surface area contributed by atoms with E-state index in [1.807, 2.05) is 0 Å². The van der Waals surface area contributed by atoms with Gasteiger partial charge in [-0.3, -0.25) is 4.90 Å². The molecular weight excluding hydrogens is 252 g/mol. The Balaban J connectivity index is 2.36. The second-order valence-corrected chi connectivity index (χ2v) is 6.71. The summed E-state index contributed by atoms with van der Waals surface area (Å²) in [5, 5.41) is 13.3. The third kappa shape index (κ3) is 5.68. The van der Waals surface area contributed by atoms with Gasteiger partial charge in [0.25, 0.3) is 0 Å². The van der Waals surface area contributed by atoms with Gasteiger partial charge in [-0.1, -0.05) is 13.8 Å². The number of rotatable bonds is 9. The molecule has 0 aliphatic carbocycles. The summed E-state index contributed by atoms with van der Waals surface area (Å²) in [6, 6.07) is 0. The molecule has 1 heterocycles. The number of nitrogens with one attached hydrogen (secondary N) is 1. The van der Waals surface area contributed by atoms with E-state index in [9.17, 15) is 5.11 Å². The van der Waals surface area contributed by atoms with Crippen LogP contribution in [0.2, 0.25) is 0 Å². The third-order valence-corrected chi connectivity index (χ3v) is 4.36. The van der Waals surface area contributed by atoms with Gasteiger partial charge in [-0.05, 0) is 52.6 Å². The standard InChI is InChI=1S/C16H34N2O2/c1-5-9-17-16(6-2,14-19)8-7-10-18-11-12-20-15(3,4)13-18/h17,19H,5-14H2,1-4H3. The molecule has 1 aliphatic rings. The van der Waals surface area contributed by atoms with Crippen LogP contribution < -0.4 is 5.32 Å². The molecule has 0 aromatic carbocycles. The second kappa shape index (κ2) is 8.32. The number of ether oxygens (including phenoxy) is 1. The van der Waals surface area contributed by atoms with Gasteiger partial charge in [0.15, 0.2) is 0 Å². The fourth-order valence-electron chi connectivity index (χ4n) is 2.97. The van der Waals surface area contributed by atoms with Gasteiger partial charge in [-0.25, -0.2) is 0 Å². The molecule has 1 atom stereocenters. The van der Waals surface area contributed by atoms with Crippen LogP contribution in [-0.4, -0.2) is 60.5 Å². The van der Waals surface area contributed by atoms with Gasteiger partial charge < -0.3 is 15.2 Å². The molecule has 1 saturated heterocycles. The van der Waals surface area contributed by atoms with Crippen molar-refractivity contribution in [3.8, 4) is 0 Å². The van der Waals surface area contributed by atoms with Crippen molar-refractivity contribution in [1.29, 1.82) is 0 Å². The average Bonchev–Trinajstić information content (AvgIpc) is 2.42. The van der Waals surface area contributed by atoms with Crippen molar-refractivity contribution in [2.75, 3.05) is 39.4 Å². The van der Waals surface area contributed by atoms with Crippen LogP contribution >= 0.6 is 0 Å². The first-order valence-electron chi connectivity index (χ1n) is 8.19. The highest BCUT2D eigenvalue weighted by molar-refractivity contribution is 4.87. The molecule has 0 amide bonds. The van der Waals surface area contributed by atoms with E-state index in [4.69, 9.17) is 4.74 Å². The molecule has 20 heavy (non-hydrogen) atoms. The molecule has 0 aromatic heterocycles. The molecule has 0 bridgehead atoms. The van der Waals surface area contributed by atoms with E-state index in [-0.39, 0.29) is 17.7 Å². The topological polar surface area (TPSA) is 44.7 Å². The Labute approximate surface area is 124 Å². The van der Waals surface area contributed by atoms with E-state index in [2.05, 4.69) is 37.9 Å². The summed E-state index contributed by atoms with van der Waals surface area (Å²) in [6.07, 6.45) is 4.26. The molecule has 4 heteroatoms. The highest BCUT2D eigenvalue weighted by Crippen LogP contribution is 2.20. The second-order valence-electron chi connectivity index (χ2n) is 6.71. The molecule has 0 radical (unpaired) electrons. The van der Waals surface area contributed by atoms with Crippen molar-refractivity contribution in [3.05, 3.63) is 0 Å². The summed E-state index contributed by atoms with van der Waals surface area (Å²) >= 11 is 0. The lowest BCUT2D eigenvalue weighted by Gasteiger charge is -2.39. The Bertz CT molecular complexity index is 265. The molecule has 0 aromatic rings. The van der Waals surface area contributed by atoms with Crippen molar-refractivity contribution in [1.82, 2.24) is 10.2 Å². The first-order valence-corrected chi connectivity index (χ1v) is 8.19. The predicted octanol–water partition coefficient (Wildman–Crippen LogP) is 2.02. The zero-order chi connectivity index (χ0) is 15.1. The van der Waals surface area contributed by atoms with Crippen LogP contribution in [0.15, 0.2) is 0 Å². The van der Waals surface area contributed by atoms with Crippen LogP contribution in [0.1, 0.15) is 53.4 Å². The fraction of sp³-hybridized carbons (Fsp3) is 1.00. The van der Waals surface area contributed by atoms with Gasteiger partial charge in [-0.2, -0.15) is 0 Å². The van der Waals surface area contributed by atoms with Crippen molar-refractivity contribution < 1.29 is 9.84 Å². The molecule has 0 spiro atoms. The first-order chi connectivity index (χ1) is 9.47. The zero-order valence-electron chi connectivity index (χ0n) is 13.9. The van der Waals surface area contributed by atoms with E-state index in [0.717, 1.165) is 58.5 Å². The van der Waals surface area contributed by atoms with Crippen molar-refractivity contribution in [2.24, 2.45) is 0 Å². The molecule has 2 N–H and O–H groups in total. The minimum Gasteiger partial charge on any atom is -0.394 e. The van der Waals surface area contributed by atoms with E-state index in [1.54, 1.807) is 0 Å². The molecular formula is C16H34N2O2. The maximum absolute atomic E-state index is 9.73. The first kappa shape index (κ1) is 17.9. The summed E-state index contributed by atoms with van der Waals surface area (Å²) in [5.41, 5.74) is -0.102. The lowest BCUT2D eigenvalue weighted by molar-refractivity contribution is -0.0864. The molecule has 120 valence electrons. The van der Waals surface area contributed by atoms with Crippen molar-refractivity contribution in [2.45, 2.75) is 64.5 Å². The Morgan fingerprint density at radius 3 is 2.65 bits per heavy atom. The van der Waals surface area contributed by atoms with Crippen LogP contribution in [0, 0.1) is 0 Å². The average molecular weight is 286 g/mol. The van der Waals surface area contributed by atoms with Gasteiger partial charge in [0.2, 0.25) is 0 Å². The van der Waals surface area contributed by atoms with Gasteiger partial charge in [0.05, 0.1) is 18.8 Å². The van der Waals surface area contributed by atoms with Crippen LogP contribution in [0.4, 0.5) is 0 Å². The van der Waals surface area contributed by atoms with E-state index in [1.165, 1.54) is 0 Å². The summed E-state index contributed by atoms with van der Waals surface area (Å²) in [6.45, 7) is 13.8. The van der Waals surface area contributed by atoms with Crippen LogP contribution in [-0.2, 0) is 4.74 Å². The Kier molecular flexibility index (Phi) is 7.45. The van der Waals surface area contributed by atoms with Gasteiger partial charge in [0, 0.05) is 18.6 Å². The SMILES string of the molecule is CCCNC(CC)(CO)CCCN1CCOC(C)(C)C1. The zero-order valence-corrected chi connectivity index (χ0v) is 13.9. The molecule has 4 nitrogen and oxygen atoms in total. The van der Waals surface area contributed by atoms with E-state index in [0.29, 0.717) is 0 Å². The highest BCUT2D eigenvalue weighted by Gasteiger charge is 2.29. The molecule has 1 aliphatic heterocycles. The van der Waals surface area contributed by atoms with Crippen LogP contribution in [0.25, 0.3) is 0 Å². The number of hydrogen-bond donors (Lipinski definition) is 2. The number of aliphatic hydroxyl groups is 1. The number of morpholine rings is 1. The lowest BCUT2D eigenvalue weighted by Crippen LogP contribution is -2.50. The Morgan fingerprint density at radius 1 is 1.35 bits per heavy atom. The minimum atomic E-state index is -0.0855. The summed E-state index contributed by atoms with van der Waals surface area (Å²) < 4.78 is 5.74. The Hall–Kier alpha value is -0.160. The van der Waals surface area contributed by atoms with E-state index < -0.39 is 0 Å². The fourth-order valence-corrected chi connectivity index (χ4v) is 2.97. The molecule has 1 unspecified atom stereocenters. The summed E-state index contributed by atoms with van der Waals surface area (Å²) in [5.74, 6) is 0. The maximum Gasteiger partial charge on any atom is 0.0753 e. The van der Waals surface area contributed by atoms with E-state index >= 15 is 0 Å². The number of nitrogens with zero attached hydrogens (tertiary/aromatic N) is 1. The smallest absolute Gasteiger partial charge is 0.0753 e. The normalized spacial score (nSPS) is 22.6. The predicted molar refractivity (Wildman–Crippen MR) is 84.1 cm³/mol. The van der Waals surface area contributed by atoms with Crippen LogP contribution in [0.3, 0.4) is 0 Å². The van der Waals surface area contributed by atoms with Crippen molar-refractivity contribution >= 4 is 0 Å². The maximum atomic E-state index is 9.73. The monoisotopic (exact) mass is 286 g/mol. The number of hydrogen-bond acceptors (Lipinski definition) is 4. The number of aliphatic hydroxyl groups excluding tert-OH is 1. The van der Waals surface area contributed by atoms with Gasteiger partial charge in [0.1, 0.15) is 0 Å². The summed E-state index contributed by atoms with van der Waals surface area (Å²) in [4.78, 5) is 2.49. The highest BCUT2D eigenvalue weighted by atomic mass is 16.5. The third-order valence-electron chi connectivity index (χ3n) is 4.36. The molecule has 1 fully saturated rings. The summed E-state index contributed by atoms with van der Waals surface area (Å²) in [7, 11) is 0. The van der Waals surface area contributed by atoms with Crippen LogP contribution in [0.5, 0.6) is 0 Å². The van der Waals surface area contributed by atoms with Crippen molar-refractivity contribution in [3.63, 3.8) is 0 Å². The largest absolute Gasteiger partial charge is 0.394 e. The van der Waals surface area contributed by atoms with Gasteiger partial charge in [-0.15, -0.1) is 0 Å². The molecule has 0 saturated carbocycles.